The minimum absolute atomic E-state index is 0.0811. The molecule has 5 nitrogen and oxygen atoms in total. The number of ether oxygens (including phenoxy) is 1. The largest absolute Gasteiger partial charge is 0.467 e. The molecule has 0 radical (unpaired) electrons. The number of hydrogen-bond donors (Lipinski definition) is 1. The maximum Gasteiger partial charge on any atom is 0.328 e. The Morgan fingerprint density at radius 1 is 1.40 bits per heavy atom. The van der Waals surface area contributed by atoms with Crippen molar-refractivity contribution in [1.82, 2.24) is 4.90 Å². The van der Waals surface area contributed by atoms with E-state index in [1.165, 1.54) is 7.11 Å². The van der Waals surface area contributed by atoms with Gasteiger partial charge in [-0.2, -0.15) is 0 Å². The molecule has 136 valence electrons. The first-order valence-corrected chi connectivity index (χ1v) is 11.1. The van der Waals surface area contributed by atoms with E-state index in [1.54, 1.807) is 10.8 Å². The molecule has 1 saturated heterocycles. The smallest absolute Gasteiger partial charge is 0.328 e. The van der Waals surface area contributed by atoms with Gasteiger partial charge in [0, 0.05) is 30.0 Å². The highest BCUT2D eigenvalue weighted by Crippen LogP contribution is 2.40. The molecule has 25 heavy (non-hydrogen) atoms. The number of unbranched alkanes of at least 4 members (excludes halogenated alkanes) is 1. The highest BCUT2D eigenvalue weighted by Gasteiger charge is 2.34. The number of anilines is 1. The number of hydrogen-bond acceptors (Lipinski definition) is 6. The van der Waals surface area contributed by atoms with Gasteiger partial charge >= 0.3 is 5.97 Å². The van der Waals surface area contributed by atoms with Gasteiger partial charge in [-0.25, -0.2) is 4.79 Å². The SMILES string of the molecule is CCCCN(C(=O)c1cccc2c1CC(C(=O)OC)N2)C1CCSS1. The number of methoxy groups -OCH3 is 1. The molecule has 1 amide bonds. The van der Waals surface area contributed by atoms with Crippen LogP contribution in [-0.2, 0) is 16.0 Å². The average molecular weight is 381 g/mol. The van der Waals surface area contributed by atoms with Crippen LogP contribution in [-0.4, -0.2) is 47.6 Å². The van der Waals surface area contributed by atoms with Gasteiger partial charge in [0.1, 0.15) is 6.04 Å². The van der Waals surface area contributed by atoms with Crippen LogP contribution in [0.5, 0.6) is 0 Å². The monoisotopic (exact) mass is 380 g/mol. The summed E-state index contributed by atoms with van der Waals surface area (Å²) in [6.07, 6.45) is 3.60. The van der Waals surface area contributed by atoms with Crippen LogP contribution in [0.25, 0.3) is 0 Å². The van der Waals surface area contributed by atoms with Gasteiger partial charge in [-0.3, -0.25) is 4.79 Å². The summed E-state index contributed by atoms with van der Waals surface area (Å²) in [5.74, 6) is 0.877. The van der Waals surface area contributed by atoms with Crippen molar-refractivity contribution in [2.75, 3.05) is 24.7 Å². The van der Waals surface area contributed by atoms with Gasteiger partial charge < -0.3 is 15.0 Å². The number of rotatable bonds is 6. The zero-order chi connectivity index (χ0) is 17.8. The number of nitrogens with zero attached hydrogens (tertiary/aromatic N) is 1. The number of carbonyl (C=O) groups is 2. The predicted octanol–water partition coefficient (Wildman–Crippen LogP) is 3.55. The molecular formula is C18H24N2O3S2. The second kappa shape index (κ2) is 8.36. The molecule has 1 aromatic carbocycles. The van der Waals surface area contributed by atoms with E-state index in [4.69, 9.17) is 4.74 Å². The first kappa shape index (κ1) is 18.5. The van der Waals surface area contributed by atoms with Crippen molar-refractivity contribution < 1.29 is 14.3 Å². The fourth-order valence-electron chi connectivity index (χ4n) is 3.26. The molecule has 2 heterocycles. The van der Waals surface area contributed by atoms with Gasteiger partial charge in [-0.05, 0) is 30.5 Å². The number of benzene rings is 1. The summed E-state index contributed by atoms with van der Waals surface area (Å²) < 4.78 is 4.84. The standard InChI is InChI=1S/C18H24N2O3S2/c1-3-4-9-20(16-8-10-24-25-16)17(21)12-6-5-7-14-13(12)11-15(19-14)18(22)23-2/h5-7,15-16,19H,3-4,8-11H2,1-2H3. The van der Waals surface area contributed by atoms with Crippen molar-refractivity contribution in [1.29, 1.82) is 0 Å². The second-order valence-corrected chi connectivity index (χ2v) is 8.93. The van der Waals surface area contributed by atoms with Crippen molar-refractivity contribution in [3.8, 4) is 0 Å². The number of esters is 1. The van der Waals surface area contributed by atoms with Gasteiger partial charge in [0.25, 0.3) is 5.91 Å². The lowest BCUT2D eigenvalue weighted by Gasteiger charge is -2.28. The zero-order valence-electron chi connectivity index (χ0n) is 14.6. The summed E-state index contributed by atoms with van der Waals surface area (Å²) in [6, 6.07) is 5.28. The maximum atomic E-state index is 13.3. The van der Waals surface area contributed by atoms with Gasteiger partial charge in [-0.15, -0.1) is 0 Å². The topological polar surface area (TPSA) is 58.6 Å². The summed E-state index contributed by atoms with van der Waals surface area (Å²) in [5, 5.41) is 3.42. The molecule has 0 aromatic heterocycles. The average Bonchev–Trinajstić information content (AvgIpc) is 3.30. The molecule has 2 unspecified atom stereocenters. The number of amides is 1. The van der Waals surface area contributed by atoms with E-state index in [-0.39, 0.29) is 17.3 Å². The van der Waals surface area contributed by atoms with Crippen LogP contribution in [0.1, 0.15) is 42.1 Å². The van der Waals surface area contributed by atoms with E-state index in [0.717, 1.165) is 42.8 Å². The second-order valence-electron chi connectivity index (χ2n) is 6.27. The van der Waals surface area contributed by atoms with Crippen LogP contribution in [0.15, 0.2) is 18.2 Å². The van der Waals surface area contributed by atoms with E-state index < -0.39 is 6.04 Å². The highest BCUT2D eigenvalue weighted by molar-refractivity contribution is 8.77. The van der Waals surface area contributed by atoms with Crippen LogP contribution < -0.4 is 5.32 Å². The summed E-state index contributed by atoms with van der Waals surface area (Å²) in [7, 11) is 5.03. The summed E-state index contributed by atoms with van der Waals surface area (Å²) in [6.45, 7) is 2.93. The fourth-order valence-corrected chi connectivity index (χ4v) is 6.15. The van der Waals surface area contributed by atoms with Crippen LogP contribution in [0.4, 0.5) is 5.69 Å². The Morgan fingerprint density at radius 2 is 2.24 bits per heavy atom. The van der Waals surface area contributed by atoms with Crippen LogP contribution in [0, 0.1) is 0 Å². The van der Waals surface area contributed by atoms with Crippen molar-refractivity contribution >= 4 is 39.2 Å². The first-order chi connectivity index (χ1) is 12.2. The Labute approximate surface area is 156 Å². The summed E-state index contributed by atoms with van der Waals surface area (Å²) >= 11 is 0. The van der Waals surface area contributed by atoms with E-state index >= 15 is 0 Å². The Bertz CT molecular complexity index is 647. The number of fused-ring (bicyclic) bond motifs is 1. The van der Waals surface area contributed by atoms with Gasteiger partial charge in [0.05, 0.1) is 12.5 Å². The zero-order valence-corrected chi connectivity index (χ0v) is 16.3. The molecule has 3 rings (SSSR count). The number of carbonyl (C=O) groups excluding carboxylic acids is 2. The van der Waals surface area contributed by atoms with Crippen molar-refractivity contribution in [2.45, 2.75) is 44.0 Å². The first-order valence-electron chi connectivity index (χ1n) is 8.71. The molecule has 0 aliphatic carbocycles. The van der Waals surface area contributed by atoms with Crippen molar-refractivity contribution in [3.05, 3.63) is 29.3 Å². The van der Waals surface area contributed by atoms with Crippen LogP contribution >= 0.6 is 21.6 Å². The van der Waals surface area contributed by atoms with E-state index in [1.807, 2.05) is 33.9 Å². The van der Waals surface area contributed by atoms with Gasteiger partial charge in [-0.1, -0.05) is 41.0 Å². The Balaban J connectivity index is 1.84. The molecule has 2 atom stereocenters. The fraction of sp³-hybridized carbons (Fsp3) is 0.556. The summed E-state index contributed by atoms with van der Waals surface area (Å²) in [5.41, 5.74) is 2.51. The molecule has 1 fully saturated rings. The Hall–Kier alpha value is -1.34. The molecule has 7 heteroatoms. The maximum absolute atomic E-state index is 13.3. The third-order valence-electron chi connectivity index (χ3n) is 4.62. The van der Waals surface area contributed by atoms with Crippen molar-refractivity contribution in [2.24, 2.45) is 0 Å². The van der Waals surface area contributed by atoms with Gasteiger partial charge in [0.15, 0.2) is 0 Å². The normalized spacial score (nSPS) is 21.5. The molecule has 1 aromatic rings. The molecule has 0 spiro atoms. The van der Waals surface area contributed by atoms with Gasteiger partial charge in [0.2, 0.25) is 0 Å². The molecule has 2 aliphatic rings. The lowest BCUT2D eigenvalue weighted by Crippen LogP contribution is -2.38. The quantitative estimate of drug-likeness (QED) is 0.602. The Morgan fingerprint density at radius 3 is 2.92 bits per heavy atom. The third-order valence-corrected chi connectivity index (χ3v) is 7.44. The van der Waals surface area contributed by atoms with Crippen molar-refractivity contribution in [3.63, 3.8) is 0 Å². The molecule has 0 bridgehead atoms. The van der Waals surface area contributed by atoms with Crippen LogP contribution in [0.2, 0.25) is 0 Å². The Kier molecular flexibility index (Phi) is 6.17. The van der Waals surface area contributed by atoms with Crippen LogP contribution in [0.3, 0.4) is 0 Å². The lowest BCUT2D eigenvalue weighted by atomic mass is 10.0. The van der Waals surface area contributed by atoms with E-state index in [9.17, 15) is 9.59 Å². The highest BCUT2D eigenvalue weighted by atomic mass is 33.1. The summed E-state index contributed by atoms with van der Waals surface area (Å²) in [4.78, 5) is 27.2. The number of nitrogens with one attached hydrogen (secondary N) is 1. The minimum atomic E-state index is -0.408. The molecule has 1 N–H and O–H groups in total. The van der Waals surface area contributed by atoms with E-state index in [2.05, 4.69) is 12.2 Å². The minimum Gasteiger partial charge on any atom is -0.467 e. The predicted molar refractivity (Wildman–Crippen MR) is 104 cm³/mol. The molecule has 0 saturated carbocycles. The molecule has 2 aliphatic heterocycles. The molecular weight excluding hydrogens is 356 g/mol. The lowest BCUT2D eigenvalue weighted by molar-refractivity contribution is -0.141. The third kappa shape index (κ3) is 3.92. The van der Waals surface area contributed by atoms with E-state index in [0.29, 0.717) is 12.0 Å².